The Morgan fingerprint density at radius 2 is 2.29 bits per heavy atom. The molecule has 0 amide bonds. The second-order valence-electron chi connectivity index (χ2n) is 3.55. The van der Waals surface area contributed by atoms with Crippen molar-refractivity contribution >= 4 is 5.82 Å². The summed E-state index contributed by atoms with van der Waals surface area (Å²) in [6, 6.07) is 3.83. The zero-order valence-electron chi connectivity index (χ0n) is 8.15. The highest BCUT2D eigenvalue weighted by Gasteiger charge is 2.13. The van der Waals surface area contributed by atoms with E-state index in [9.17, 15) is 0 Å². The third-order valence-electron chi connectivity index (χ3n) is 2.49. The standard InChI is InChI=1S/C10H15N3O/c1-2-10(13-12-5-1)11-8-9-3-6-14-7-4-9/h1-2,5,9H,3-4,6-8H2,(H,11,13). The van der Waals surface area contributed by atoms with Gasteiger partial charge in [-0.25, -0.2) is 0 Å². The van der Waals surface area contributed by atoms with Crippen molar-refractivity contribution in [2.75, 3.05) is 25.1 Å². The lowest BCUT2D eigenvalue weighted by Crippen LogP contribution is -2.22. The summed E-state index contributed by atoms with van der Waals surface area (Å²) in [5.74, 6) is 1.57. The Balaban J connectivity index is 1.76. The van der Waals surface area contributed by atoms with Crippen molar-refractivity contribution in [2.24, 2.45) is 5.92 Å². The van der Waals surface area contributed by atoms with Gasteiger partial charge in [-0.15, -0.1) is 5.10 Å². The van der Waals surface area contributed by atoms with Crippen molar-refractivity contribution in [3.8, 4) is 0 Å². The molecule has 76 valence electrons. The summed E-state index contributed by atoms with van der Waals surface area (Å²) in [5, 5.41) is 11.1. The first-order valence-corrected chi connectivity index (χ1v) is 5.04. The largest absolute Gasteiger partial charge is 0.381 e. The summed E-state index contributed by atoms with van der Waals surface area (Å²) in [6.07, 6.45) is 3.97. The van der Waals surface area contributed by atoms with Gasteiger partial charge < -0.3 is 10.1 Å². The first kappa shape index (κ1) is 9.40. The molecule has 1 N–H and O–H groups in total. The van der Waals surface area contributed by atoms with Gasteiger partial charge in [-0.2, -0.15) is 5.10 Å². The monoisotopic (exact) mass is 193 g/mol. The molecule has 0 radical (unpaired) electrons. The molecular weight excluding hydrogens is 178 g/mol. The minimum Gasteiger partial charge on any atom is -0.381 e. The number of nitrogens with zero attached hydrogens (tertiary/aromatic N) is 2. The Morgan fingerprint density at radius 1 is 1.43 bits per heavy atom. The van der Waals surface area contributed by atoms with Crippen LogP contribution in [0.25, 0.3) is 0 Å². The first-order valence-electron chi connectivity index (χ1n) is 5.04. The molecule has 4 nitrogen and oxygen atoms in total. The molecule has 14 heavy (non-hydrogen) atoms. The van der Waals surface area contributed by atoms with Crippen molar-refractivity contribution in [1.82, 2.24) is 10.2 Å². The van der Waals surface area contributed by atoms with E-state index in [-0.39, 0.29) is 0 Å². The molecule has 2 rings (SSSR count). The highest BCUT2D eigenvalue weighted by molar-refractivity contribution is 5.31. The number of hydrogen-bond acceptors (Lipinski definition) is 4. The molecule has 4 heteroatoms. The van der Waals surface area contributed by atoms with Crippen LogP contribution < -0.4 is 5.32 Å². The van der Waals surface area contributed by atoms with Crippen LogP contribution in [0.2, 0.25) is 0 Å². The summed E-state index contributed by atoms with van der Waals surface area (Å²) in [6.45, 7) is 2.77. The lowest BCUT2D eigenvalue weighted by atomic mass is 10.0. The number of anilines is 1. The van der Waals surface area contributed by atoms with Gasteiger partial charge in [-0.3, -0.25) is 0 Å². The highest BCUT2D eigenvalue weighted by Crippen LogP contribution is 2.14. The van der Waals surface area contributed by atoms with Crippen LogP contribution in [0.15, 0.2) is 18.3 Å². The van der Waals surface area contributed by atoms with Crippen molar-refractivity contribution in [1.29, 1.82) is 0 Å². The van der Waals surface area contributed by atoms with Crippen molar-refractivity contribution < 1.29 is 4.74 Å². The Labute approximate surface area is 83.7 Å². The lowest BCUT2D eigenvalue weighted by molar-refractivity contribution is 0.0699. The van der Waals surface area contributed by atoms with Gasteiger partial charge in [-0.05, 0) is 30.9 Å². The van der Waals surface area contributed by atoms with Gasteiger partial charge in [0, 0.05) is 26.0 Å². The molecule has 1 aromatic heterocycles. The van der Waals surface area contributed by atoms with E-state index in [1.165, 1.54) is 0 Å². The smallest absolute Gasteiger partial charge is 0.148 e. The number of aromatic nitrogens is 2. The fraction of sp³-hybridized carbons (Fsp3) is 0.600. The predicted molar refractivity (Wildman–Crippen MR) is 54.1 cm³/mol. The average molecular weight is 193 g/mol. The zero-order chi connectivity index (χ0) is 9.64. The summed E-state index contributed by atoms with van der Waals surface area (Å²) in [7, 11) is 0. The number of ether oxygens (including phenoxy) is 1. The van der Waals surface area contributed by atoms with Gasteiger partial charge in [0.1, 0.15) is 5.82 Å². The number of hydrogen-bond donors (Lipinski definition) is 1. The summed E-state index contributed by atoms with van der Waals surface area (Å²) >= 11 is 0. The summed E-state index contributed by atoms with van der Waals surface area (Å²) < 4.78 is 5.30. The zero-order valence-corrected chi connectivity index (χ0v) is 8.15. The van der Waals surface area contributed by atoms with Crippen LogP contribution in [0.1, 0.15) is 12.8 Å². The van der Waals surface area contributed by atoms with E-state index in [1.807, 2.05) is 12.1 Å². The predicted octanol–water partition coefficient (Wildman–Crippen LogP) is 1.32. The van der Waals surface area contributed by atoms with Gasteiger partial charge in [0.05, 0.1) is 0 Å². The molecule has 1 fully saturated rings. The molecule has 0 saturated carbocycles. The van der Waals surface area contributed by atoms with Crippen LogP contribution in [-0.2, 0) is 4.74 Å². The SMILES string of the molecule is c1cnnc(NCC2CCOCC2)c1. The van der Waals surface area contributed by atoms with Crippen molar-refractivity contribution in [2.45, 2.75) is 12.8 Å². The van der Waals surface area contributed by atoms with E-state index < -0.39 is 0 Å². The molecule has 1 saturated heterocycles. The average Bonchev–Trinajstić information content (AvgIpc) is 2.29. The normalized spacial score (nSPS) is 18.0. The molecule has 0 aromatic carbocycles. The molecule has 0 atom stereocenters. The quantitative estimate of drug-likeness (QED) is 0.786. The Hall–Kier alpha value is -1.16. The van der Waals surface area contributed by atoms with E-state index >= 15 is 0 Å². The van der Waals surface area contributed by atoms with Crippen molar-refractivity contribution in [3.63, 3.8) is 0 Å². The molecule has 0 unspecified atom stereocenters. The minimum atomic E-state index is 0.714. The molecule has 1 aromatic rings. The number of nitrogens with one attached hydrogen (secondary N) is 1. The van der Waals surface area contributed by atoms with E-state index in [0.717, 1.165) is 38.4 Å². The van der Waals surface area contributed by atoms with Crippen LogP contribution in [0.3, 0.4) is 0 Å². The Kier molecular flexibility index (Phi) is 3.29. The second kappa shape index (κ2) is 4.91. The topological polar surface area (TPSA) is 47.0 Å². The third-order valence-corrected chi connectivity index (χ3v) is 2.49. The molecular formula is C10H15N3O. The maximum atomic E-state index is 5.30. The summed E-state index contributed by atoms with van der Waals surface area (Å²) in [4.78, 5) is 0. The Morgan fingerprint density at radius 3 is 3.00 bits per heavy atom. The van der Waals surface area contributed by atoms with Crippen LogP contribution in [0.5, 0.6) is 0 Å². The molecule has 0 spiro atoms. The maximum absolute atomic E-state index is 5.30. The maximum Gasteiger partial charge on any atom is 0.148 e. The third kappa shape index (κ3) is 2.67. The van der Waals surface area contributed by atoms with Crippen molar-refractivity contribution in [3.05, 3.63) is 18.3 Å². The van der Waals surface area contributed by atoms with Gasteiger partial charge >= 0.3 is 0 Å². The molecule has 1 aliphatic heterocycles. The molecule has 1 aliphatic rings. The van der Waals surface area contributed by atoms with Crippen LogP contribution in [0.4, 0.5) is 5.82 Å². The highest BCUT2D eigenvalue weighted by atomic mass is 16.5. The molecule has 2 heterocycles. The van der Waals surface area contributed by atoms with E-state index in [0.29, 0.717) is 5.92 Å². The minimum absolute atomic E-state index is 0.714. The van der Waals surface area contributed by atoms with Crippen LogP contribution in [0, 0.1) is 5.92 Å². The van der Waals surface area contributed by atoms with Crippen LogP contribution in [-0.4, -0.2) is 30.0 Å². The lowest BCUT2D eigenvalue weighted by Gasteiger charge is -2.22. The number of rotatable bonds is 3. The Bertz CT molecular complexity index is 259. The second-order valence-corrected chi connectivity index (χ2v) is 3.55. The van der Waals surface area contributed by atoms with Gasteiger partial charge in [-0.1, -0.05) is 0 Å². The van der Waals surface area contributed by atoms with Crippen LogP contribution >= 0.6 is 0 Å². The van der Waals surface area contributed by atoms with Gasteiger partial charge in [0.25, 0.3) is 0 Å². The molecule has 0 bridgehead atoms. The van der Waals surface area contributed by atoms with E-state index in [1.54, 1.807) is 6.20 Å². The van der Waals surface area contributed by atoms with Gasteiger partial charge in [0.2, 0.25) is 0 Å². The van der Waals surface area contributed by atoms with Gasteiger partial charge in [0.15, 0.2) is 0 Å². The van der Waals surface area contributed by atoms with E-state index in [4.69, 9.17) is 4.74 Å². The summed E-state index contributed by atoms with van der Waals surface area (Å²) in [5.41, 5.74) is 0. The fourth-order valence-electron chi connectivity index (χ4n) is 1.60. The fourth-order valence-corrected chi connectivity index (χ4v) is 1.60. The molecule has 0 aliphatic carbocycles. The first-order chi connectivity index (χ1) is 6.95. The van der Waals surface area contributed by atoms with E-state index in [2.05, 4.69) is 15.5 Å².